The minimum atomic E-state index is -3.11. The van der Waals surface area contributed by atoms with Crippen molar-refractivity contribution in [3.63, 3.8) is 0 Å². The zero-order chi connectivity index (χ0) is 14.7. The first-order valence-electron chi connectivity index (χ1n) is 7.20. The molecule has 0 saturated carbocycles. The molecule has 0 bridgehead atoms. The fourth-order valence-corrected chi connectivity index (χ4v) is 4.54. The standard InChI is InChI=1S/C14H29NO3S/c1-11(2)13(9-15-14(3,4)5)19(16,17)10-12-7-6-8-18-12/h11-13,15H,6-10H2,1-5H3. The number of hydrogen-bond acceptors (Lipinski definition) is 4. The predicted molar refractivity (Wildman–Crippen MR) is 79.1 cm³/mol. The molecular weight excluding hydrogens is 262 g/mol. The topological polar surface area (TPSA) is 55.4 Å². The van der Waals surface area contributed by atoms with Crippen molar-refractivity contribution in [3.8, 4) is 0 Å². The summed E-state index contributed by atoms with van der Waals surface area (Å²) >= 11 is 0. The highest BCUT2D eigenvalue weighted by molar-refractivity contribution is 7.92. The summed E-state index contributed by atoms with van der Waals surface area (Å²) in [6.07, 6.45) is 1.75. The molecule has 0 aliphatic carbocycles. The van der Waals surface area contributed by atoms with Crippen molar-refractivity contribution in [2.24, 2.45) is 5.92 Å². The molecule has 1 aliphatic rings. The fraction of sp³-hybridized carbons (Fsp3) is 1.00. The second-order valence-corrected chi connectivity index (χ2v) is 9.14. The normalized spacial score (nSPS) is 22.9. The first-order chi connectivity index (χ1) is 8.62. The average Bonchev–Trinajstić information content (AvgIpc) is 2.66. The Morgan fingerprint density at radius 1 is 1.32 bits per heavy atom. The van der Waals surface area contributed by atoms with Gasteiger partial charge in [-0.05, 0) is 39.5 Å². The lowest BCUT2D eigenvalue weighted by Gasteiger charge is -2.28. The average molecular weight is 291 g/mol. The summed E-state index contributed by atoms with van der Waals surface area (Å²) in [6, 6.07) is 0. The van der Waals surface area contributed by atoms with Gasteiger partial charge in [-0.1, -0.05) is 13.8 Å². The van der Waals surface area contributed by atoms with E-state index in [1.54, 1.807) is 0 Å². The quantitative estimate of drug-likeness (QED) is 0.813. The van der Waals surface area contributed by atoms with Gasteiger partial charge < -0.3 is 10.1 Å². The maximum atomic E-state index is 12.5. The van der Waals surface area contributed by atoms with Crippen molar-refractivity contribution in [2.45, 2.75) is 64.4 Å². The van der Waals surface area contributed by atoms with Gasteiger partial charge in [0.2, 0.25) is 0 Å². The van der Waals surface area contributed by atoms with Crippen LogP contribution < -0.4 is 5.32 Å². The Balaban J connectivity index is 2.67. The summed E-state index contributed by atoms with van der Waals surface area (Å²) in [5.41, 5.74) is -0.0630. The van der Waals surface area contributed by atoms with Crippen LogP contribution in [0.4, 0.5) is 0 Å². The lowest BCUT2D eigenvalue weighted by molar-refractivity contribution is 0.127. The van der Waals surface area contributed by atoms with Crippen LogP contribution in [0.25, 0.3) is 0 Å². The Kier molecular flexibility index (Phi) is 5.83. The van der Waals surface area contributed by atoms with Gasteiger partial charge in [0.05, 0.1) is 17.1 Å². The molecule has 1 saturated heterocycles. The first-order valence-corrected chi connectivity index (χ1v) is 8.91. The summed E-state index contributed by atoms with van der Waals surface area (Å²) in [7, 11) is -3.11. The molecule has 2 unspecified atom stereocenters. The lowest BCUT2D eigenvalue weighted by Crippen LogP contribution is -2.46. The van der Waals surface area contributed by atoms with Gasteiger partial charge in [0, 0.05) is 18.7 Å². The second kappa shape index (κ2) is 6.55. The Morgan fingerprint density at radius 2 is 1.95 bits per heavy atom. The Morgan fingerprint density at radius 3 is 2.37 bits per heavy atom. The van der Waals surface area contributed by atoms with Gasteiger partial charge in [0.15, 0.2) is 9.84 Å². The van der Waals surface area contributed by atoms with Crippen molar-refractivity contribution < 1.29 is 13.2 Å². The third-order valence-corrected chi connectivity index (χ3v) is 5.95. The van der Waals surface area contributed by atoms with Crippen LogP contribution in [0.2, 0.25) is 0 Å². The van der Waals surface area contributed by atoms with Crippen molar-refractivity contribution in [1.29, 1.82) is 0 Å². The monoisotopic (exact) mass is 291 g/mol. The predicted octanol–water partition coefficient (Wildman–Crippen LogP) is 1.99. The molecule has 1 fully saturated rings. The minimum absolute atomic E-state index is 0.0630. The van der Waals surface area contributed by atoms with E-state index in [0.29, 0.717) is 13.2 Å². The van der Waals surface area contributed by atoms with Crippen molar-refractivity contribution >= 4 is 9.84 Å². The van der Waals surface area contributed by atoms with E-state index in [0.717, 1.165) is 12.8 Å². The highest BCUT2D eigenvalue weighted by atomic mass is 32.2. The maximum absolute atomic E-state index is 12.5. The van der Waals surface area contributed by atoms with Gasteiger partial charge in [-0.2, -0.15) is 0 Å². The highest BCUT2D eigenvalue weighted by Crippen LogP contribution is 2.20. The van der Waals surface area contributed by atoms with Gasteiger partial charge in [0.1, 0.15) is 0 Å². The van der Waals surface area contributed by atoms with Gasteiger partial charge in [0.25, 0.3) is 0 Å². The smallest absolute Gasteiger partial charge is 0.157 e. The summed E-state index contributed by atoms with van der Waals surface area (Å²) in [5, 5.41) is 2.98. The van der Waals surface area contributed by atoms with E-state index in [1.807, 2.05) is 13.8 Å². The van der Waals surface area contributed by atoms with Crippen LogP contribution in [0.1, 0.15) is 47.5 Å². The molecule has 1 N–H and O–H groups in total. The Labute approximate surface area is 118 Å². The van der Waals surface area contributed by atoms with E-state index >= 15 is 0 Å². The van der Waals surface area contributed by atoms with Crippen molar-refractivity contribution in [3.05, 3.63) is 0 Å². The summed E-state index contributed by atoms with van der Waals surface area (Å²) in [4.78, 5) is 0. The molecule has 2 atom stereocenters. The molecule has 0 radical (unpaired) electrons. The third-order valence-electron chi connectivity index (χ3n) is 3.48. The molecule has 0 aromatic heterocycles. The third kappa shape index (κ3) is 5.79. The first kappa shape index (κ1) is 16.9. The number of sulfone groups is 1. The molecule has 0 aromatic carbocycles. The van der Waals surface area contributed by atoms with Crippen LogP contribution in [0.5, 0.6) is 0 Å². The SMILES string of the molecule is CC(C)C(CNC(C)(C)C)S(=O)(=O)CC1CCCO1. The van der Waals surface area contributed by atoms with E-state index in [9.17, 15) is 8.42 Å². The van der Waals surface area contributed by atoms with E-state index in [2.05, 4.69) is 26.1 Å². The van der Waals surface area contributed by atoms with Crippen LogP contribution >= 0.6 is 0 Å². The van der Waals surface area contributed by atoms with Crippen LogP contribution in [0, 0.1) is 5.92 Å². The Bertz CT molecular complexity index is 365. The van der Waals surface area contributed by atoms with E-state index < -0.39 is 9.84 Å². The van der Waals surface area contributed by atoms with Crippen LogP contribution in [-0.2, 0) is 14.6 Å². The van der Waals surface area contributed by atoms with Gasteiger partial charge in [-0.15, -0.1) is 0 Å². The van der Waals surface area contributed by atoms with Crippen LogP contribution in [0.15, 0.2) is 0 Å². The molecule has 0 aromatic rings. The fourth-order valence-electron chi connectivity index (χ4n) is 2.34. The van der Waals surface area contributed by atoms with Crippen molar-refractivity contribution in [2.75, 3.05) is 18.9 Å². The van der Waals surface area contributed by atoms with E-state index in [-0.39, 0.29) is 28.6 Å². The van der Waals surface area contributed by atoms with Gasteiger partial charge in [-0.25, -0.2) is 8.42 Å². The summed E-state index contributed by atoms with van der Waals surface area (Å²) in [5.74, 6) is 0.281. The maximum Gasteiger partial charge on any atom is 0.157 e. The van der Waals surface area contributed by atoms with Crippen LogP contribution in [-0.4, -0.2) is 44.2 Å². The molecule has 5 heteroatoms. The molecule has 1 heterocycles. The molecule has 1 aliphatic heterocycles. The highest BCUT2D eigenvalue weighted by Gasteiger charge is 2.33. The van der Waals surface area contributed by atoms with Crippen LogP contribution in [0.3, 0.4) is 0 Å². The molecule has 4 nitrogen and oxygen atoms in total. The number of rotatable bonds is 6. The lowest BCUT2D eigenvalue weighted by atomic mass is 10.1. The number of nitrogens with one attached hydrogen (secondary N) is 1. The zero-order valence-corrected chi connectivity index (χ0v) is 13.7. The number of ether oxygens (including phenoxy) is 1. The van der Waals surface area contributed by atoms with Crippen molar-refractivity contribution in [1.82, 2.24) is 5.32 Å². The van der Waals surface area contributed by atoms with E-state index in [1.165, 1.54) is 0 Å². The molecule has 0 amide bonds. The molecule has 0 spiro atoms. The summed E-state index contributed by atoms with van der Waals surface area (Å²) in [6.45, 7) is 11.3. The molecule has 114 valence electrons. The van der Waals surface area contributed by atoms with Gasteiger partial charge >= 0.3 is 0 Å². The zero-order valence-electron chi connectivity index (χ0n) is 12.9. The largest absolute Gasteiger partial charge is 0.377 e. The summed E-state index contributed by atoms with van der Waals surface area (Å²) < 4.78 is 30.5. The Hall–Kier alpha value is -0.130. The number of hydrogen-bond donors (Lipinski definition) is 1. The minimum Gasteiger partial charge on any atom is -0.377 e. The second-order valence-electron chi connectivity index (χ2n) is 6.88. The molecule has 19 heavy (non-hydrogen) atoms. The van der Waals surface area contributed by atoms with E-state index in [4.69, 9.17) is 4.74 Å². The van der Waals surface area contributed by atoms with Gasteiger partial charge in [-0.3, -0.25) is 0 Å². The molecule has 1 rings (SSSR count). The molecular formula is C14H29NO3S.